The van der Waals surface area contributed by atoms with Crippen LogP contribution < -0.4 is 21.3 Å². The van der Waals surface area contributed by atoms with Crippen LogP contribution in [0.2, 0.25) is 0 Å². The quantitative estimate of drug-likeness (QED) is 0.176. The average molecular weight is 493 g/mol. The number of hydrogen-bond donors (Lipinski definition) is 7. The van der Waals surface area contributed by atoms with Gasteiger partial charge in [-0.3, -0.25) is 19.2 Å². The van der Waals surface area contributed by atoms with E-state index < -0.39 is 60.4 Å². The van der Waals surface area contributed by atoms with E-state index in [-0.39, 0.29) is 18.7 Å². The van der Waals surface area contributed by atoms with Crippen molar-refractivity contribution in [3.05, 3.63) is 35.9 Å². The predicted octanol–water partition coefficient (Wildman–Crippen LogP) is -1.23. The van der Waals surface area contributed by atoms with E-state index in [1.807, 2.05) is 0 Å². The van der Waals surface area contributed by atoms with Crippen molar-refractivity contribution in [1.82, 2.24) is 21.3 Å². The fraction of sp³-hybridized carbons (Fsp3) is 0.522. The van der Waals surface area contributed by atoms with Crippen molar-refractivity contribution in [2.75, 3.05) is 6.54 Å². The second-order valence-corrected chi connectivity index (χ2v) is 8.46. The molecule has 7 N–H and O–H groups in total. The van der Waals surface area contributed by atoms with Gasteiger partial charge in [-0.2, -0.15) is 0 Å². The maximum atomic E-state index is 13.1. The Morgan fingerprint density at radius 3 is 2.23 bits per heavy atom. The largest absolute Gasteiger partial charge is 0.481 e. The summed E-state index contributed by atoms with van der Waals surface area (Å²) in [6.07, 6.45) is -0.712. The van der Waals surface area contributed by atoms with E-state index in [1.54, 1.807) is 30.3 Å². The van der Waals surface area contributed by atoms with Crippen LogP contribution in [-0.4, -0.2) is 81.8 Å². The van der Waals surface area contributed by atoms with Gasteiger partial charge < -0.3 is 36.6 Å². The van der Waals surface area contributed by atoms with Crippen LogP contribution in [0, 0.1) is 0 Å². The molecule has 1 fully saturated rings. The minimum absolute atomic E-state index is 0.121. The second-order valence-electron chi connectivity index (χ2n) is 8.46. The maximum absolute atomic E-state index is 13.1. The SMILES string of the molecule is CC(O)C(NC(=O)C(Cc1ccccc1)NC(=O)C1CCCN1)C(=O)NC(CCC(=O)O)C(=O)O. The van der Waals surface area contributed by atoms with Gasteiger partial charge in [0.15, 0.2) is 0 Å². The monoisotopic (exact) mass is 492 g/mol. The number of carboxylic acids is 2. The topological polar surface area (TPSA) is 194 Å². The first kappa shape index (κ1) is 27.7. The zero-order chi connectivity index (χ0) is 26.0. The van der Waals surface area contributed by atoms with Gasteiger partial charge in [-0.15, -0.1) is 0 Å². The van der Waals surface area contributed by atoms with E-state index in [0.29, 0.717) is 13.0 Å². The number of aliphatic hydroxyl groups excluding tert-OH is 1. The molecule has 1 aromatic carbocycles. The highest BCUT2D eigenvalue weighted by molar-refractivity contribution is 5.94. The van der Waals surface area contributed by atoms with Crippen LogP contribution >= 0.6 is 0 Å². The summed E-state index contributed by atoms with van der Waals surface area (Å²) in [4.78, 5) is 60.7. The molecule has 12 nitrogen and oxygen atoms in total. The molecule has 2 rings (SSSR count). The zero-order valence-corrected chi connectivity index (χ0v) is 19.4. The minimum Gasteiger partial charge on any atom is -0.481 e. The van der Waals surface area contributed by atoms with Crippen molar-refractivity contribution in [2.24, 2.45) is 0 Å². The number of hydrogen-bond acceptors (Lipinski definition) is 7. The van der Waals surface area contributed by atoms with E-state index in [9.17, 15) is 34.2 Å². The number of carbonyl (C=O) groups excluding carboxylic acids is 3. The van der Waals surface area contributed by atoms with Crippen molar-refractivity contribution in [3.8, 4) is 0 Å². The van der Waals surface area contributed by atoms with Crippen LogP contribution in [0.25, 0.3) is 0 Å². The lowest BCUT2D eigenvalue weighted by Gasteiger charge is -2.26. The molecule has 0 aromatic heterocycles. The lowest BCUT2D eigenvalue weighted by Crippen LogP contribution is -2.60. The number of carboxylic acid groups (broad SMARTS) is 2. The van der Waals surface area contributed by atoms with Gasteiger partial charge in [0, 0.05) is 12.8 Å². The molecule has 12 heteroatoms. The number of carbonyl (C=O) groups is 5. The van der Waals surface area contributed by atoms with E-state index in [0.717, 1.165) is 12.0 Å². The van der Waals surface area contributed by atoms with Gasteiger partial charge in [-0.1, -0.05) is 30.3 Å². The molecule has 0 bridgehead atoms. The first-order valence-electron chi connectivity index (χ1n) is 11.4. The molecular formula is C23H32N4O8. The maximum Gasteiger partial charge on any atom is 0.326 e. The molecule has 1 saturated heterocycles. The summed E-state index contributed by atoms with van der Waals surface area (Å²) in [5.74, 6) is -4.78. The zero-order valence-electron chi connectivity index (χ0n) is 19.4. The highest BCUT2D eigenvalue weighted by Gasteiger charge is 2.33. The number of benzene rings is 1. The molecule has 1 aliphatic rings. The molecular weight excluding hydrogens is 460 g/mol. The summed E-state index contributed by atoms with van der Waals surface area (Å²) in [7, 11) is 0. The summed E-state index contributed by atoms with van der Waals surface area (Å²) in [5.41, 5.74) is 0.755. The normalized spacial score (nSPS) is 18.5. The first-order valence-corrected chi connectivity index (χ1v) is 11.4. The number of amides is 3. The summed E-state index contributed by atoms with van der Waals surface area (Å²) in [5, 5.41) is 38.5. The Morgan fingerprint density at radius 2 is 1.69 bits per heavy atom. The van der Waals surface area contributed by atoms with Gasteiger partial charge in [0.1, 0.15) is 18.1 Å². The van der Waals surface area contributed by atoms with Crippen LogP contribution in [0.1, 0.15) is 38.2 Å². The number of nitrogens with one attached hydrogen (secondary N) is 4. The standard InChI is InChI=1S/C23H32N4O8/c1-13(28)19(22(33)25-16(23(34)35)9-10-18(29)30)27-21(32)17(12-14-6-3-2-4-7-14)26-20(31)15-8-5-11-24-15/h2-4,6-7,13,15-17,19,24,28H,5,8-12H2,1H3,(H,25,33)(H,26,31)(H,27,32)(H,29,30)(H,34,35). The van der Waals surface area contributed by atoms with Gasteiger partial charge in [0.25, 0.3) is 0 Å². The molecule has 0 radical (unpaired) electrons. The Bertz CT molecular complexity index is 902. The Hall–Kier alpha value is -3.51. The highest BCUT2D eigenvalue weighted by atomic mass is 16.4. The summed E-state index contributed by atoms with van der Waals surface area (Å²) < 4.78 is 0. The molecule has 0 saturated carbocycles. The van der Waals surface area contributed by atoms with Gasteiger partial charge in [0.2, 0.25) is 17.7 Å². The van der Waals surface area contributed by atoms with Crippen LogP contribution in [0.15, 0.2) is 30.3 Å². The molecule has 35 heavy (non-hydrogen) atoms. The third-order valence-corrected chi connectivity index (χ3v) is 5.62. The van der Waals surface area contributed by atoms with Gasteiger partial charge in [-0.05, 0) is 38.3 Å². The van der Waals surface area contributed by atoms with E-state index in [2.05, 4.69) is 21.3 Å². The van der Waals surface area contributed by atoms with Crippen molar-refractivity contribution in [1.29, 1.82) is 0 Å². The van der Waals surface area contributed by atoms with Crippen LogP contribution in [0.5, 0.6) is 0 Å². The molecule has 5 atom stereocenters. The van der Waals surface area contributed by atoms with Crippen molar-refractivity contribution in [3.63, 3.8) is 0 Å². The van der Waals surface area contributed by atoms with Crippen molar-refractivity contribution < 1.29 is 39.3 Å². The lowest BCUT2D eigenvalue weighted by atomic mass is 10.0. The first-order chi connectivity index (χ1) is 16.6. The second kappa shape index (κ2) is 13.4. The summed E-state index contributed by atoms with van der Waals surface area (Å²) in [6.45, 7) is 1.93. The fourth-order valence-electron chi connectivity index (χ4n) is 3.69. The molecule has 192 valence electrons. The van der Waals surface area contributed by atoms with Gasteiger partial charge in [0.05, 0.1) is 12.1 Å². The molecule has 0 spiro atoms. The van der Waals surface area contributed by atoms with E-state index >= 15 is 0 Å². The number of rotatable bonds is 13. The molecule has 1 aromatic rings. The fourth-order valence-corrected chi connectivity index (χ4v) is 3.69. The number of aliphatic carboxylic acids is 2. The lowest BCUT2D eigenvalue weighted by molar-refractivity contribution is -0.144. The predicted molar refractivity (Wildman–Crippen MR) is 123 cm³/mol. The van der Waals surface area contributed by atoms with Crippen molar-refractivity contribution in [2.45, 2.75) is 69.3 Å². The van der Waals surface area contributed by atoms with Gasteiger partial charge in [-0.25, -0.2) is 4.79 Å². The summed E-state index contributed by atoms with van der Waals surface area (Å²) in [6, 6.07) is 4.35. The molecule has 3 amide bonds. The van der Waals surface area contributed by atoms with Crippen LogP contribution in [-0.2, 0) is 30.4 Å². The molecule has 1 heterocycles. The molecule has 1 aliphatic heterocycles. The van der Waals surface area contributed by atoms with Crippen LogP contribution in [0.4, 0.5) is 0 Å². The Balaban J connectivity index is 2.14. The van der Waals surface area contributed by atoms with Gasteiger partial charge >= 0.3 is 11.9 Å². The molecule has 0 aliphatic carbocycles. The third kappa shape index (κ3) is 8.98. The summed E-state index contributed by atoms with van der Waals surface area (Å²) >= 11 is 0. The Morgan fingerprint density at radius 1 is 1.00 bits per heavy atom. The highest BCUT2D eigenvalue weighted by Crippen LogP contribution is 2.09. The van der Waals surface area contributed by atoms with Crippen molar-refractivity contribution >= 4 is 29.7 Å². The Labute approximate surface area is 202 Å². The van der Waals surface area contributed by atoms with Crippen LogP contribution in [0.3, 0.4) is 0 Å². The molecule has 5 unspecified atom stereocenters. The van der Waals surface area contributed by atoms with E-state index in [1.165, 1.54) is 6.92 Å². The smallest absolute Gasteiger partial charge is 0.326 e. The number of aliphatic hydroxyl groups is 1. The van der Waals surface area contributed by atoms with E-state index in [4.69, 9.17) is 5.11 Å². The third-order valence-electron chi connectivity index (χ3n) is 5.62. The Kier molecular flexibility index (Phi) is 10.6. The average Bonchev–Trinajstić information content (AvgIpc) is 3.34. The minimum atomic E-state index is -1.53.